The number of rotatable bonds is 11. The van der Waals surface area contributed by atoms with Crippen molar-refractivity contribution in [2.45, 2.75) is 73.5 Å². The van der Waals surface area contributed by atoms with Crippen LogP contribution in [0.4, 0.5) is 0 Å². The van der Waals surface area contributed by atoms with Crippen LogP contribution in [-0.4, -0.2) is 64.6 Å². The second-order valence-electron chi connectivity index (χ2n) is 5.72. The van der Waals surface area contributed by atoms with E-state index in [1.807, 2.05) is 27.7 Å². The lowest BCUT2D eigenvalue weighted by atomic mass is 10.2. The van der Waals surface area contributed by atoms with E-state index in [9.17, 15) is 24.0 Å². The highest BCUT2D eigenvalue weighted by Crippen LogP contribution is 2.10. The maximum Gasteiger partial charge on any atom is 0.314 e. The first-order valence-corrected chi connectivity index (χ1v) is 10.6. The van der Waals surface area contributed by atoms with Gasteiger partial charge in [0, 0.05) is 25.3 Å². The molecule has 0 rings (SSSR count). The van der Waals surface area contributed by atoms with E-state index in [0.717, 1.165) is 0 Å². The molecule has 0 aromatic heterocycles. The van der Waals surface area contributed by atoms with Crippen molar-refractivity contribution in [1.29, 1.82) is 0 Å². The summed E-state index contributed by atoms with van der Waals surface area (Å²) in [5.74, 6) is -2.38. The summed E-state index contributed by atoms with van der Waals surface area (Å²) in [5, 5.41) is 1.73. The second kappa shape index (κ2) is 16.1. The van der Waals surface area contributed by atoms with E-state index in [-0.39, 0.29) is 30.1 Å². The van der Waals surface area contributed by atoms with Crippen LogP contribution in [0.3, 0.4) is 0 Å². The number of esters is 1. The quantitative estimate of drug-likeness (QED) is 0.310. The van der Waals surface area contributed by atoms with Gasteiger partial charge in [-0.15, -0.1) is 0 Å². The predicted molar refractivity (Wildman–Crippen MR) is 110 cm³/mol. The minimum Gasteiger partial charge on any atom is -0.463 e. The van der Waals surface area contributed by atoms with E-state index in [0.29, 0.717) is 24.9 Å². The van der Waals surface area contributed by atoms with Crippen molar-refractivity contribution in [1.82, 2.24) is 10.2 Å². The molecule has 28 heavy (non-hydrogen) atoms. The van der Waals surface area contributed by atoms with Crippen LogP contribution < -0.4 is 5.32 Å². The largest absolute Gasteiger partial charge is 0.463 e. The van der Waals surface area contributed by atoms with Crippen molar-refractivity contribution in [2.24, 2.45) is 0 Å². The van der Waals surface area contributed by atoms with Crippen molar-refractivity contribution < 1.29 is 28.7 Å². The van der Waals surface area contributed by atoms with Gasteiger partial charge >= 0.3 is 5.97 Å². The number of carbonyl (C=O) groups excluding carboxylic acids is 5. The topological polar surface area (TPSA) is 110 Å². The molecule has 0 saturated heterocycles. The first-order chi connectivity index (χ1) is 13.2. The van der Waals surface area contributed by atoms with Crippen molar-refractivity contribution in [3.8, 4) is 0 Å². The third kappa shape index (κ3) is 11.7. The van der Waals surface area contributed by atoms with Crippen LogP contribution in [0.2, 0.25) is 0 Å². The highest BCUT2D eigenvalue weighted by molar-refractivity contribution is 8.15. The van der Waals surface area contributed by atoms with Crippen LogP contribution in [0.1, 0.15) is 61.3 Å². The maximum atomic E-state index is 12.5. The molecule has 0 radical (unpaired) electrons. The molecule has 9 heteroatoms. The van der Waals surface area contributed by atoms with Gasteiger partial charge in [0.1, 0.15) is 12.5 Å². The first kappa shape index (κ1) is 28.3. The average molecular weight is 419 g/mol. The second-order valence-corrected chi connectivity index (χ2v) is 6.71. The lowest BCUT2D eigenvalue weighted by molar-refractivity contribution is -0.150. The number of thioether (sulfide) groups is 1. The highest BCUT2D eigenvalue weighted by atomic mass is 32.2. The fourth-order valence-electron chi connectivity index (χ4n) is 1.97. The summed E-state index contributed by atoms with van der Waals surface area (Å²) in [6.07, 6.45) is -0.820. The van der Waals surface area contributed by atoms with Gasteiger partial charge in [-0.05, 0) is 27.7 Å². The Kier molecular flexibility index (Phi) is 16.3. The van der Waals surface area contributed by atoms with Crippen LogP contribution in [-0.2, 0) is 28.7 Å². The van der Waals surface area contributed by atoms with Crippen LogP contribution in [0.25, 0.3) is 0 Å². The molecule has 0 aliphatic heterocycles. The van der Waals surface area contributed by atoms with Gasteiger partial charge in [-0.1, -0.05) is 32.5 Å². The zero-order valence-electron chi connectivity index (χ0n) is 18.0. The zero-order valence-corrected chi connectivity index (χ0v) is 18.8. The number of likely N-dealkylation sites (N-methyl/N-ethyl adjacent to an activating group) is 1. The number of hydrogen-bond donors (Lipinski definition) is 1. The van der Waals surface area contributed by atoms with Gasteiger partial charge in [0.15, 0.2) is 0 Å². The SMILES string of the molecule is CC.CCC(=O)NC(CSC(=O)C(=O)CC(=O)OC(C)C)C(=O)N(CC)CC. The van der Waals surface area contributed by atoms with E-state index in [2.05, 4.69) is 5.32 Å². The van der Waals surface area contributed by atoms with Gasteiger partial charge in [0.2, 0.25) is 17.6 Å². The molecule has 0 fully saturated rings. The molecule has 0 heterocycles. The Morgan fingerprint density at radius 3 is 1.96 bits per heavy atom. The Bertz CT molecular complexity index is 533. The zero-order chi connectivity index (χ0) is 22.3. The Labute approximate surface area is 172 Å². The van der Waals surface area contributed by atoms with Crippen molar-refractivity contribution in [2.75, 3.05) is 18.8 Å². The standard InChI is InChI=1S/C17H28N2O6S.C2H6/c1-6-14(21)18-12(16(23)19(7-2)8-3)10-26-17(24)13(20)9-15(22)25-11(4)5;1-2/h11-12H,6-10H2,1-5H3,(H,18,21);1-2H3. The summed E-state index contributed by atoms with van der Waals surface area (Å²) in [7, 11) is 0. The molecule has 162 valence electrons. The molecular weight excluding hydrogens is 384 g/mol. The number of amides is 2. The maximum absolute atomic E-state index is 12.5. The van der Waals surface area contributed by atoms with Crippen LogP contribution in [0, 0.1) is 0 Å². The fraction of sp³-hybridized carbons (Fsp3) is 0.737. The van der Waals surface area contributed by atoms with Gasteiger partial charge in [0.25, 0.3) is 5.12 Å². The number of carbonyl (C=O) groups is 5. The van der Waals surface area contributed by atoms with Crippen LogP contribution >= 0.6 is 11.8 Å². The molecule has 0 aromatic carbocycles. The molecule has 1 unspecified atom stereocenters. The molecule has 8 nitrogen and oxygen atoms in total. The Morgan fingerprint density at radius 1 is 1.00 bits per heavy atom. The summed E-state index contributed by atoms with van der Waals surface area (Å²) in [6, 6.07) is -0.910. The predicted octanol–water partition coefficient (Wildman–Crippen LogP) is 1.95. The Morgan fingerprint density at radius 2 is 1.54 bits per heavy atom. The van der Waals surface area contributed by atoms with Crippen LogP contribution in [0.15, 0.2) is 0 Å². The Balaban J connectivity index is 0. The number of ketones is 1. The lowest BCUT2D eigenvalue weighted by Crippen LogP contribution is -2.50. The summed E-state index contributed by atoms with van der Waals surface area (Å²) < 4.78 is 4.82. The van der Waals surface area contributed by atoms with Gasteiger partial charge in [0.05, 0.1) is 6.10 Å². The van der Waals surface area contributed by atoms with Crippen LogP contribution in [0.5, 0.6) is 0 Å². The first-order valence-electron chi connectivity index (χ1n) is 9.63. The van der Waals surface area contributed by atoms with Crippen molar-refractivity contribution in [3.63, 3.8) is 0 Å². The molecule has 0 bridgehead atoms. The van der Waals surface area contributed by atoms with Gasteiger partial charge in [-0.25, -0.2) is 0 Å². The third-order valence-electron chi connectivity index (χ3n) is 3.31. The van der Waals surface area contributed by atoms with E-state index in [1.54, 1.807) is 20.8 Å². The number of hydrogen-bond acceptors (Lipinski definition) is 7. The molecule has 0 aromatic rings. The summed E-state index contributed by atoms with van der Waals surface area (Å²) in [5.41, 5.74) is 0. The Hall–Kier alpha value is -1.90. The van der Waals surface area contributed by atoms with Crippen molar-refractivity contribution in [3.05, 3.63) is 0 Å². The number of Topliss-reactive ketones (excluding diaryl/α,β-unsaturated/α-hetero) is 1. The summed E-state index contributed by atoms with van der Waals surface area (Å²) in [4.78, 5) is 60.8. The molecule has 1 atom stereocenters. The molecule has 0 saturated carbocycles. The molecule has 2 amide bonds. The molecule has 0 aliphatic carbocycles. The lowest BCUT2D eigenvalue weighted by Gasteiger charge is -2.25. The van der Waals surface area contributed by atoms with E-state index < -0.39 is 29.3 Å². The molecule has 0 aliphatic rings. The third-order valence-corrected chi connectivity index (χ3v) is 4.30. The van der Waals surface area contributed by atoms with Gasteiger partial charge < -0.3 is 15.0 Å². The fourth-order valence-corrected chi connectivity index (χ4v) is 2.75. The van der Waals surface area contributed by atoms with Gasteiger partial charge in [-0.3, -0.25) is 24.0 Å². The molecule has 0 spiro atoms. The minimum absolute atomic E-state index is 0.0785. The number of nitrogens with zero attached hydrogens (tertiary/aromatic N) is 1. The monoisotopic (exact) mass is 418 g/mol. The minimum atomic E-state index is -0.910. The summed E-state index contributed by atoms with van der Waals surface area (Å²) >= 11 is 0.614. The number of nitrogens with one attached hydrogen (secondary N) is 1. The number of ether oxygens (including phenoxy) is 1. The smallest absolute Gasteiger partial charge is 0.314 e. The molecule has 1 N–H and O–H groups in total. The normalized spacial score (nSPS) is 11.0. The van der Waals surface area contributed by atoms with E-state index in [4.69, 9.17) is 4.74 Å². The van der Waals surface area contributed by atoms with Crippen molar-refractivity contribution >= 4 is 40.4 Å². The van der Waals surface area contributed by atoms with E-state index in [1.165, 1.54) is 4.90 Å². The highest BCUT2D eigenvalue weighted by Gasteiger charge is 2.27. The average Bonchev–Trinajstić information content (AvgIpc) is 2.66. The van der Waals surface area contributed by atoms with E-state index >= 15 is 0 Å². The summed E-state index contributed by atoms with van der Waals surface area (Å²) in [6.45, 7) is 13.5. The molecular formula is C19H34N2O6S. The van der Waals surface area contributed by atoms with Gasteiger partial charge in [-0.2, -0.15) is 0 Å².